The van der Waals surface area contributed by atoms with Crippen LogP contribution in [0, 0.1) is 5.92 Å². The Balaban J connectivity index is 1.88. The molecule has 0 saturated heterocycles. The third-order valence-electron chi connectivity index (χ3n) is 3.39. The van der Waals surface area contributed by atoms with Gasteiger partial charge in [-0.2, -0.15) is 0 Å². The van der Waals surface area contributed by atoms with E-state index in [0.29, 0.717) is 6.04 Å². The fraction of sp³-hybridized carbons (Fsp3) is 0.500. The van der Waals surface area contributed by atoms with Gasteiger partial charge in [0.2, 0.25) is 0 Å². The van der Waals surface area contributed by atoms with Crippen LogP contribution in [0.5, 0.6) is 0 Å². The van der Waals surface area contributed by atoms with Gasteiger partial charge in [0.05, 0.1) is 0 Å². The van der Waals surface area contributed by atoms with E-state index in [0.717, 1.165) is 24.3 Å². The van der Waals surface area contributed by atoms with E-state index in [9.17, 15) is 4.79 Å². The molecule has 1 aromatic rings. The smallest absolute Gasteiger partial charge is 0.251 e. The van der Waals surface area contributed by atoms with E-state index in [1.807, 2.05) is 30.3 Å². The molecule has 1 aliphatic rings. The molecule has 16 heavy (non-hydrogen) atoms. The van der Waals surface area contributed by atoms with Crippen molar-refractivity contribution in [1.82, 2.24) is 5.32 Å². The number of carbonyl (C=O) groups excluding carboxylic acids is 1. The number of hydrogen-bond acceptors (Lipinski definition) is 1. The normalized spacial score (nSPS) is 25.1. The van der Waals surface area contributed by atoms with Crippen LogP contribution in [0.1, 0.15) is 43.0 Å². The summed E-state index contributed by atoms with van der Waals surface area (Å²) in [7, 11) is 0. The van der Waals surface area contributed by atoms with E-state index in [1.165, 1.54) is 12.8 Å². The van der Waals surface area contributed by atoms with Gasteiger partial charge < -0.3 is 5.32 Å². The number of carbonyl (C=O) groups is 1. The predicted octanol–water partition coefficient (Wildman–Crippen LogP) is 3.00. The van der Waals surface area contributed by atoms with E-state index < -0.39 is 0 Å². The summed E-state index contributed by atoms with van der Waals surface area (Å²) < 4.78 is 0. The summed E-state index contributed by atoms with van der Waals surface area (Å²) in [6.45, 7) is 2.29. The highest BCUT2D eigenvalue weighted by Crippen LogP contribution is 2.23. The minimum absolute atomic E-state index is 0.0696. The molecule has 86 valence electrons. The summed E-state index contributed by atoms with van der Waals surface area (Å²) >= 11 is 0. The SMILES string of the molecule is CC1CCC(NC(=O)c2ccccc2)CC1. The number of hydrogen-bond donors (Lipinski definition) is 1. The van der Waals surface area contributed by atoms with Crippen LogP contribution in [0.2, 0.25) is 0 Å². The van der Waals surface area contributed by atoms with Crippen molar-refractivity contribution in [1.29, 1.82) is 0 Å². The lowest BCUT2D eigenvalue weighted by Gasteiger charge is -2.26. The maximum Gasteiger partial charge on any atom is 0.251 e. The van der Waals surface area contributed by atoms with Crippen LogP contribution < -0.4 is 5.32 Å². The van der Waals surface area contributed by atoms with Crippen molar-refractivity contribution >= 4 is 5.91 Å². The highest BCUT2D eigenvalue weighted by Gasteiger charge is 2.19. The summed E-state index contributed by atoms with van der Waals surface area (Å²) in [5.74, 6) is 0.894. The molecule has 1 aliphatic carbocycles. The Hall–Kier alpha value is -1.31. The molecule has 2 rings (SSSR count). The van der Waals surface area contributed by atoms with E-state index in [-0.39, 0.29) is 5.91 Å². The number of rotatable bonds is 2. The lowest BCUT2D eigenvalue weighted by molar-refractivity contribution is 0.0923. The molecular formula is C14H19NO. The van der Waals surface area contributed by atoms with Gasteiger partial charge in [0.25, 0.3) is 5.91 Å². The maximum absolute atomic E-state index is 11.9. The van der Waals surface area contributed by atoms with Crippen LogP contribution in [0.3, 0.4) is 0 Å². The van der Waals surface area contributed by atoms with Crippen LogP contribution >= 0.6 is 0 Å². The third-order valence-corrected chi connectivity index (χ3v) is 3.39. The molecule has 0 spiro atoms. The quantitative estimate of drug-likeness (QED) is 0.810. The monoisotopic (exact) mass is 217 g/mol. The molecule has 1 saturated carbocycles. The molecule has 0 unspecified atom stereocenters. The summed E-state index contributed by atoms with van der Waals surface area (Å²) in [5.41, 5.74) is 0.765. The van der Waals surface area contributed by atoms with E-state index in [2.05, 4.69) is 12.2 Å². The van der Waals surface area contributed by atoms with E-state index in [1.54, 1.807) is 0 Å². The van der Waals surface area contributed by atoms with Crippen molar-refractivity contribution in [3.8, 4) is 0 Å². The molecule has 0 aliphatic heterocycles. The standard InChI is InChI=1S/C14H19NO/c1-11-7-9-13(10-8-11)15-14(16)12-5-3-2-4-6-12/h2-6,11,13H,7-10H2,1H3,(H,15,16). The predicted molar refractivity (Wildman–Crippen MR) is 65.3 cm³/mol. The first-order valence-corrected chi connectivity index (χ1v) is 6.11. The molecule has 0 bridgehead atoms. The third kappa shape index (κ3) is 2.84. The average molecular weight is 217 g/mol. The van der Waals surface area contributed by atoms with Gasteiger partial charge >= 0.3 is 0 Å². The topological polar surface area (TPSA) is 29.1 Å². The van der Waals surface area contributed by atoms with Crippen LogP contribution in [-0.2, 0) is 0 Å². The Morgan fingerprint density at radius 3 is 2.38 bits per heavy atom. The summed E-state index contributed by atoms with van der Waals surface area (Å²) in [4.78, 5) is 11.9. The van der Waals surface area contributed by atoms with Crippen LogP contribution in [0.25, 0.3) is 0 Å². The van der Waals surface area contributed by atoms with Gasteiger partial charge in [-0.1, -0.05) is 25.1 Å². The molecule has 1 aromatic carbocycles. The second-order valence-corrected chi connectivity index (χ2v) is 4.80. The minimum atomic E-state index is 0.0696. The highest BCUT2D eigenvalue weighted by atomic mass is 16.1. The molecule has 2 heteroatoms. The van der Waals surface area contributed by atoms with Crippen molar-refractivity contribution in [2.75, 3.05) is 0 Å². The summed E-state index contributed by atoms with van der Waals surface area (Å²) in [5, 5.41) is 3.12. The molecule has 1 amide bonds. The lowest BCUT2D eigenvalue weighted by Crippen LogP contribution is -2.37. The van der Waals surface area contributed by atoms with Crippen LogP contribution in [0.15, 0.2) is 30.3 Å². The molecule has 0 radical (unpaired) electrons. The Labute approximate surface area is 97.1 Å². The Bertz CT molecular complexity index is 339. The first kappa shape index (κ1) is 11.2. The highest BCUT2D eigenvalue weighted by molar-refractivity contribution is 5.94. The second-order valence-electron chi connectivity index (χ2n) is 4.80. The Morgan fingerprint density at radius 1 is 1.12 bits per heavy atom. The fourth-order valence-corrected chi connectivity index (χ4v) is 2.26. The van der Waals surface area contributed by atoms with Gasteiger partial charge in [0.1, 0.15) is 0 Å². The first-order valence-electron chi connectivity index (χ1n) is 6.11. The largest absolute Gasteiger partial charge is 0.349 e. The van der Waals surface area contributed by atoms with Crippen molar-refractivity contribution in [2.45, 2.75) is 38.6 Å². The Morgan fingerprint density at radius 2 is 1.75 bits per heavy atom. The van der Waals surface area contributed by atoms with Crippen LogP contribution in [-0.4, -0.2) is 11.9 Å². The number of benzene rings is 1. The minimum Gasteiger partial charge on any atom is -0.349 e. The first-order chi connectivity index (χ1) is 7.75. The van der Waals surface area contributed by atoms with Gasteiger partial charge in [-0.25, -0.2) is 0 Å². The van der Waals surface area contributed by atoms with Crippen molar-refractivity contribution < 1.29 is 4.79 Å². The average Bonchev–Trinajstić information content (AvgIpc) is 2.33. The lowest BCUT2D eigenvalue weighted by atomic mass is 9.87. The molecule has 2 nitrogen and oxygen atoms in total. The molecular weight excluding hydrogens is 198 g/mol. The number of nitrogens with one attached hydrogen (secondary N) is 1. The number of amides is 1. The van der Waals surface area contributed by atoms with Crippen LogP contribution in [0.4, 0.5) is 0 Å². The maximum atomic E-state index is 11.9. The zero-order chi connectivity index (χ0) is 11.4. The van der Waals surface area contributed by atoms with Gasteiger partial charge in [-0.3, -0.25) is 4.79 Å². The molecule has 0 atom stereocenters. The molecule has 1 N–H and O–H groups in total. The van der Waals surface area contributed by atoms with Gasteiger partial charge in [-0.05, 0) is 43.7 Å². The van der Waals surface area contributed by atoms with Crippen molar-refractivity contribution in [2.24, 2.45) is 5.92 Å². The molecule has 0 aromatic heterocycles. The zero-order valence-electron chi connectivity index (χ0n) is 9.78. The van der Waals surface area contributed by atoms with Crippen molar-refractivity contribution in [3.63, 3.8) is 0 Å². The summed E-state index contributed by atoms with van der Waals surface area (Å²) in [6.07, 6.45) is 4.72. The molecule has 1 fully saturated rings. The van der Waals surface area contributed by atoms with E-state index >= 15 is 0 Å². The zero-order valence-corrected chi connectivity index (χ0v) is 9.78. The van der Waals surface area contributed by atoms with Gasteiger partial charge in [0, 0.05) is 11.6 Å². The fourth-order valence-electron chi connectivity index (χ4n) is 2.26. The van der Waals surface area contributed by atoms with E-state index in [4.69, 9.17) is 0 Å². The second kappa shape index (κ2) is 5.15. The van der Waals surface area contributed by atoms with Gasteiger partial charge in [0.15, 0.2) is 0 Å². The van der Waals surface area contributed by atoms with Crippen molar-refractivity contribution in [3.05, 3.63) is 35.9 Å². The molecule has 0 heterocycles. The van der Waals surface area contributed by atoms with Gasteiger partial charge in [-0.15, -0.1) is 0 Å². The Kier molecular flexibility index (Phi) is 3.60. The summed E-state index contributed by atoms with van der Waals surface area (Å²) in [6, 6.07) is 9.83.